The van der Waals surface area contributed by atoms with Crippen molar-refractivity contribution in [2.24, 2.45) is 12.2 Å². The Labute approximate surface area is 75.4 Å². The van der Waals surface area contributed by atoms with E-state index >= 15 is 0 Å². The van der Waals surface area contributed by atoms with Crippen molar-refractivity contribution in [3.8, 4) is 0 Å². The van der Waals surface area contributed by atoms with Gasteiger partial charge in [0.05, 0.1) is 18.3 Å². The second-order valence-corrected chi connectivity index (χ2v) is 2.77. The second kappa shape index (κ2) is 3.93. The molecule has 1 N–H and O–H groups in total. The maximum absolute atomic E-state index is 9.53. The first-order chi connectivity index (χ1) is 6.15. The molecule has 0 amide bonds. The first-order valence-corrected chi connectivity index (χ1v) is 3.84. The molecule has 13 heavy (non-hydrogen) atoms. The third-order valence-electron chi connectivity index (χ3n) is 1.73. The fourth-order valence-corrected chi connectivity index (χ4v) is 1.16. The number of azide groups is 1. The summed E-state index contributed by atoms with van der Waals surface area (Å²) in [6.45, 7) is 1.84. The Kier molecular flexibility index (Phi) is 2.89. The Hall–Kier alpha value is -1.52. The van der Waals surface area contributed by atoms with Crippen molar-refractivity contribution < 1.29 is 5.11 Å². The summed E-state index contributed by atoms with van der Waals surface area (Å²) in [6.07, 6.45) is 0.956. The van der Waals surface area contributed by atoms with Crippen molar-refractivity contribution in [3.63, 3.8) is 0 Å². The van der Waals surface area contributed by atoms with Crippen LogP contribution < -0.4 is 0 Å². The summed E-state index contributed by atoms with van der Waals surface area (Å²) in [4.78, 5) is 2.58. The van der Waals surface area contributed by atoms with Gasteiger partial charge in [-0.1, -0.05) is 5.11 Å². The zero-order valence-corrected chi connectivity index (χ0v) is 7.55. The number of aliphatic hydroxyl groups excluding tert-OH is 1. The van der Waals surface area contributed by atoms with Gasteiger partial charge in [0.1, 0.15) is 0 Å². The lowest BCUT2D eigenvalue weighted by Crippen LogP contribution is -2.01. The SMILES string of the molecule is Cc1nn(C)cc1C(O)CN=[N+]=[N-]. The molecule has 0 radical (unpaired) electrons. The first kappa shape index (κ1) is 9.57. The monoisotopic (exact) mass is 181 g/mol. The van der Waals surface area contributed by atoms with Crippen LogP contribution >= 0.6 is 0 Å². The van der Waals surface area contributed by atoms with Crippen LogP contribution in [0.5, 0.6) is 0 Å². The number of rotatable bonds is 3. The molecule has 1 rings (SSSR count). The molecule has 0 aliphatic heterocycles. The van der Waals surface area contributed by atoms with E-state index in [1.165, 1.54) is 0 Å². The molecule has 0 saturated heterocycles. The third kappa shape index (κ3) is 2.21. The molecule has 1 aromatic rings. The average Bonchev–Trinajstić information content (AvgIpc) is 2.41. The Morgan fingerprint density at radius 3 is 3.00 bits per heavy atom. The molecule has 6 heteroatoms. The maximum Gasteiger partial charge on any atom is 0.0879 e. The summed E-state index contributed by atoms with van der Waals surface area (Å²) in [5, 5.41) is 16.9. The van der Waals surface area contributed by atoms with Gasteiger partial charge in [-0.3, -0.25) is 4.68 Å². The number of aryl methyl sites for hydroxylation is 2. The lowest BCUT2D eigenvalue weighted by atomic mass is 10.1. The minimum atomic E-state index is -0.760. The van der Waals surface area contributed by atoms with E-state index in [1.54, 1.807) is 24.9 Å². The van der Waals surface area contributed by atoms with Gasteiger partial charge in [-0.15, -0.1) is 0 Å². The molecular weight excluding hydrogens is 170 g/mol. The Balaban J connectivity index is 2.81. The predicted molar refractivity (Wildman–Crippen MR) is 46.9 cm³/mol. The van der Waals surface area contributed by atoms with Gasteiger partial charge in [-0.05, 0) is 12.5 Å². The predicted octanol–water partition coefficient (Wildman–Crippen LogP) is 1.07. The number of hydrogen-bond acceptors (Lipinski definition) is 3. The minimum Gasteiger partial charge on any atom is -0.388 e. The second-order valence-electron chi connectivity index (χ2n) is 2.77. The van der Waals surface area contributed by atoms with E-state index in [1.807, 2.05) is 0 Å². The molecule has 0 fully saturated rings. The van der Waals surface area contributed by atoms with Gasteiger partial charge in [-0.25, -0.2) is 0 Å². The van der Waals surface area contributed by atoms with Crippen LogP contribution in [0.1, 0.15) is 17.4 Å². The first-order valence-electron chi connectivity index (χ1n) is 3.84. The summed E-state index contributed by atoms with van der Waals surface area (Å²) < 4.78 is 1.62. The van der Waals surface area contributed by atoms with Gasteiger partial charge < -0.3 is 5.11 Å². The van der Waals surface area contributed by atoms with E-state index in [9.17, 15) is 5.11 Å². The molecule has 0 saturated carbocycles. The molecular formula is C7H11N5O. The summed E-state index contributed by atoms with van der Waals surface area (Å²) in [5.74, 6) is 0. The van der Waals surface area contributed by atoms with Crippen molar-refractivity contribution in [3.05, 3.63) is 27.9 Å². The summed E-state index contributed by atoms with van der Waals surface area (Å²) in [5.41, 5.74) is 9.52. The normalized spacial score (nSPS) is 12.2. The van der Waals surface area contributed by atoms with E-state index in [4.69, 9.17) is 5.53 Å². The molecule has 1 atom stereocenters. The quantitative estimate of drug-likeness (QED) is 0.429. The molecule has 1 unspecified atom stereocenters. The topological polar surface area (TPSA) is 86.8 Å². The number of aromatic nitrogens is 2. The van der Waals surface area contributed by atoms with Crippen LogP contribution in [-0.2, 0) is 7.05 Å². The zero-order valence-electron chi connectivity index (χ0n) is 7.55. The van der Waals surface area contributed by atoms with Crippen LogP contribution in [-0.4, -0.2) is 21.4 Å². The Morgan fingerprint density at radius 2 is 2.54 bits per heavy atom. The highest BCUT2D eigenvalue weighted by Gasteiger charge is 2.11. The maximum atomic E-state index is 9.53. The van der Waals surface area contributed by atoms with E-state index in [2.05, 4.69) is 15.1 Å². The van der Waals surface area contributed by atoms with Crippen molar-refractivity contribution in [1.29, 1.82) is 0 Å². The van der Waals surface area contributed by atoms with Crippen LogP contribution in [0.3, 0.4) is 0 Å². The Bertz CT molecular complexity index is 339. The number of aliphatic hydroxyl groups is 1. The van der Waals surface area contributed by atoms with Crippen LogP contribution in [0.4, 0.5) is 0 Å². The minimum absolute atomic E-state index is 0.0447. The molecule has 0 spiro atoms. The van der Waals surface area contributed by atoms with Crippen LogP contribution in [0, 0.1) is 6.92 Å². The van der Waals surface area contributed by atoms with E-state index in [0.717, 1.165) is 5.69 Å². The highest BCUT2D eigenvalue weighted by molar-refractivity contribution is 5.18. The molecule has 0 bridgehead atoms. The highest BCUT2D eigenvalue weighted by atomic mass is 16.3. The molecule has 0 aromatic carbocycles. The van der Waals surface area contributed by atoms with Crippen LogP contribution in [0.2, 0.25) is 0 Å². The molecule has 70 valence electrons. The zero-order chi connectivity index (χ0) is 9.84. The van der Waals surface area contributed by atoms with Gasteiger partial charge in [0.15, 0.2) is 0 Å². The molecule has 0 aliphatic rings. The van der Waals surface area contributed by atoms with Gasteiger partial charge in [-0.2, -0.15) is 5.10 Å². The van der Waals surface area contributed by atoms with E-state index in [0.29, 0.717) is 5.56 Å². The highest BCUT2D eigenvalue weighted by Crippen LogP contribution is 2.15. The summed E-state index contributed by atoms with van der Waals surface area (Å²) >= 11 is 0. The summed E-state index contributed by atoms with van der Waals surface area (Å²) in [7, 11) is 1.77. The molecule has 0 aliphatic carbocycles. The van der Waals surface area contributed by atoms with Crippen molar-refractivity contribution >= 4 is 0 Å². The summed E-state index contributed by atoms with van der Waals surface area (Å²) in [6, 6.07) is 0. The number of hydrogen-bond donors (Lipinski definition) is 1. The molecule has 1 aromatic heterocycles. The number of nitrogens with zero attached hydrogens (tertiary/aromatic N) is 5. The van der Waals surface area contributed by atoms with Crippen molar-refractivity contribution in [1.82, 2.24) is 9.78 Å². The van der Waals surface area contributed by atoms with E-state index < -0.39 is 6.10 Å². The smallest absolute Gasteiger partial charge is 0.0879 e. The fourth-order valence-electron chi connectivity index (χ4n) is 1.16. The largest absolute Gasteiger partial charge is 0.388 e. The average molecular weight is 181 g/mol. The lowest BCUT2D eigenvalue weighted by Gasteiger charge is -2.03. The van der Waals surface area contributed by atoms with Gasteiger partial charge >= 0.3 is 0 Å². The Morgan fingerprint density at radius 1 is 1.85 bits per heavy atom. The van der Waals surface area contributed by atoms with Crippen molar-refractivity contribution in [2.75, 3.05) is 6.54 Å². The van der Waals surface area contributed by atoms with E-state index in [-0.39, 0.29) is 6.54 Å². The van der Waals surface area contributed by atoms with Gasteiger partial charge in [0, 0.05) is 23.7 Å². The van der Waals surface area contributed by atoms with Crippen molar-refractivity contribution in [2.45, 2.75) is 13.0 Å². The standard InChI is InChI=1S/C7H11N5O/c1-5-6(4-12(2)10-5)7(13)3-9-11-8/h4,7,13H,3H2,1-2H3. The van der Waals surface area contributed by atoms with Gasteiger partial charge in [0.25, 0.3) is 0 Å². The van der Waals surface area contributed by atoms with Gasteiger partial charge in [0.2, 0.25) is 0 Å². The third-order valence-corrected chi connectivity index (χ3v) is 1.73. The fraction of sp³-hybridized carbons (Fsp3) is 0.571. The molecule has 6 nitrogen and oxygen atoms in total. The lowest BCUT2D eigenvalue weighted by molar-refractivity contribution is 0.186. The van der Waals surface area contributed by atoms with Crippen LogP contribution in [0.15, 0.2) is 11.3 Å². The van der Waals surface area contributed by atoms with Crippen LogP contribution in [0.25, 0.3) is 10.4 Å². The molecule has 1 heterocycles.